The van der Waals surface area contributed by atoms with Crippen LogP contribution < -0.4 is 0 Å². The first-order valence-electron chi connectivity index (χ1n) is 5.69. The fourth-order valence-corrected chi connectivity index (χ4v) is 2.62. The first-order chi connectivity index (χ1) is 8.84. The average Bonchev–Trinajstić information content (AvgIpc) is 2.77. The highest BCUT2D eigenvalue weighted by Gasteiger charge is 2.12. The number of rotatable bonds is 0. The fraction of sp³-hybridized carbons (Fsp3) is 0. The number of nitrogens with zero attached hydrogens (tertiary/aromatic N) is 1. The zero-order valence-electron chi connectivity index (χ0n) is 9.35. The lowest BCUT2D eigenvalue weighted by Gasteiger charge is -1.99. The van der Waals surface area contributed by atoms with Crippen molar-refractivity contribution in [2.24, 2.45) is 0 Å². The predicted molar refractivity (Wildman–Crippen MR) is 74.0 cm³/mol. The molecule has 0 spiro atoms. The van der Waals surface area contributed by atoms with Gasteiger partial charge in [0.15, 0.2) is 5.58 Å². The SMILES string of the molecule is Clc1cccc2cnc3c4ccccc4oc3c12. The van der Waals surface area contributed by atoms with Crippen molar-refractivity contribution in [1.82, 2.24) is 4.98 Å². The molecule has 4 aromatic rings. The third-order valence-corrected chi connectivity index (χ3v) is 3.49. The lowest BCUT2D eigenvalue weighted by molar-refractivity contribution is 0.672. The Kier molecular flexibility index (Phi) is 1.91. The van der Waals surface area contributed by atoms with Gasteiger partial charge in [-0.25, -0.2) is 0 Å². The van der Waals surface area contributed by atoms with Crippen molar-refractivity contribution < 1.29 is 4.42 Å². The number of hydrogen-bond acceptors (Lipinski definition) is 2. The van der Waals surface area contributed by atoms with E-state index in [1.165, 1.54) is 0 Å². The Morgan fingerprint density at radius 3 is 2.83 bits per heavy atom. The first kappa shape index (κ1) is 9.92. The van der Waals surface area contributed by atoms with E-state index in [1.807, 2.05) is 48.7 Å². The molecule has 0 aliphatic carbocycles. The van der Waals surface area contributed by atoms with Gasteiger partial charge < -0.3 is 4.42 Å². The van der Waals surface area contributed by atoms with E-state index in [9.17, 15) is 0 Å². The summed E-state index contributed by atoms with van der Waals surface area (Å²) in [6.45, 7) is 0. The van der Waals surface area contributed by atoms with Gasteiger partial charge in [0.1, 0.15) is 11.1 Å². The van der Waals surface area contributed by atoms with E-state index >= 15 is 0 Å². The molecule has 3 heteroatoms. The number of fused-ring (bicyclic) bond motifs is 5. The molecular weight excluding hydrogens is 246 g/mol. The Bertz CT molecular complexity index is 895. The zero-order chi connectivity index (χ0) is 12.1. The van der Waals surface area contributed by atoms with Crippen LogP contribution in [0.15, 0.2) is 53.1 Å². The van der Waals surface area contributed by atoms with Crippen LogP contribution in [-0.4, -0.2) is 4.98 Å². The number of aromatic nitrogens is 1. The topological polar surface area (TPSA) is 26.0 Å². The van der Waals surface area contributed by atoms with Crippen molar-refractivity contribution >= 4 is 44.4 Å². The Morgan fingerprint density at radius 2 is 1.89 bits per heavy atom. The summed E-state index contributed by atoms with van der Waals surface area (Å²) >= 11 is 6.28. The first-order valence-corrected chi connectivity index (χ1v) is 6.07. The molecule has 2 aromatic heterocycles. The van der Waals surface area contributed by atoms with Crippen molar-refractivity contribution in [2.75, 3.05) is 0 Å². The highest BCUT2D eigenvalue weighted by atomic mass is 35.5. The van der Waals surface area contributed by atoms with Crippen LogP contribution in [-0.2, 0) is 0 Å². The van der Waals surface area contributed by atoms with Crippen LogP contribution in [0.25, 0.3) is 32.8 Å². The Hall–Kier alpha value is -2.06. The highest BCUT2D eigenvalue weighted by molar-refractivity contribution is 6.37. The van der Waals surface area contributed by atoms with Crippen LogP contribution in [0.3, 0.4) is 0 Å². The molecule has 0 atom stereocenters. The number of hydrogen-bond donors (Lipinski definition) is 0. The van der Waals surface area contributed by atoms with Crippen molar-refractivity contribution in [3.05, 3.63) is 53.7 Å². The smallest absolute Gasteiger partial charge is 0.163 e. The average molecular weight is 254 g/mol. The molecule has 0 radical (unpaired) electrons. The lowest BCUT2D eigenvalue weighted by atomic mass is 10.1. The summed E-state index contributed by atoms with van der Waals surface area (Å²) < 4.78 is 5.90. The van der Waals surface area contributed by atoms with Crippen LogP contribution in [0.2, 0.25) is 5.02 Å². The third kappa shape index (κ3) is 1.21. The Balaban J connectivity index is 2.35. The molecule has 0 aliphatic rings. The van der Waals surface area contributed by atoms with Gasteiger partial charge in [0.2, 0.25) is 0 Å². The maximum atomic E-state index is 6.28. The van der Waals surface area contributed by atoms with Gasteiger partial charge in [0, 0.05) is 22.4 Å². The fourth-order valence-electron chi connectivity index (χ4n) is 2.35. The summed E-state index contributed by atoms with van der Waals surface area (Å²) in [5.41, 5.74) is 2.47. The van der Waals surface area contributed by atoms with E-state index in [2.05, 4.69) is 4.98 Å². The van der Waals surface area contributed by atoms with Crippen LogP contribution in [0.5, 0.6) is 0 Å². The molecule has 2 nitrogen and oxygen atoms in total. The maximum Gasteiger partial charge on any atom is 0.163 e. The second kappa shape index (κ2) is 3.47. The molecule has 0 unspecified atom stereocenters. The van der Waals surface area contributed by atoms with Gasteiger partial charge in [0.25, 0.3) is 0 Å². The summed E-state index contributed by atoms with van der Waals surface area (Å²) in [7, 11) is 0. The molecule has 0 fully saturated rings. The molecule has 0 bridgehead atoms. The van der Waals surface area contributed by atoms with Gasteiger partial charge in [-0.3, -0.25) is 4.98 Å². The molecule has 0 aliphatic heterocycles. The third-order valence-electron chi connectivity index (χ3n) is 3.17. The van der Waals surface area contributed by atoms with E-state index in [0.29, 0.717) is 5.02 Å². The molecule has 0 saturated carbocycles. The molecule has 0 N–H and O–H groups in total. The van der Waals surface area contributed by atoms with Crippen LogP contribution in [0, 0.1) is 0 Å². The molecule has 4 rings (SSSR count). The van der Waals surface area contributed by atoms with E-state index in [1.54, 1.807) is 0 Å². The normalized spacial score (nSPS) is 11.6. The molecule has 0 amide bonds. The zero-order valence-corrected chi connectivity index (χ0v) is 10.1. The minimum absolute atomic E-state index is 0.693. The van der Waals surface area contributed by atoms with Gasteiger partial charge in [-0.1, -0.05) is 35.9 Å². The van der Waals surface area contributed by atoms with E-state index in [-0.39, 0.29) is 0 Å². The van der Waals surface area contributed by atoms with Crippen molar-refractivity contribution in [2.45, 2.75) is 0 Å². The van der Waals surface area contributed by atoms with Crippen molar-refractivity contribution in [3.8, 4) is 0 Å². The summed E-state index contributed by atoms with van der Waals surface area (Å²) in [4.78, 5) is 4.49. The summed E-state index contributed by atoms with van der Waals surface area (Å²) in [6.07, 6.45) is 1.84. The molecule has 2 heterocycles. The van der Waals surface area contributed by atoms with Crippen molar-refractivity contribution in [1.29, 1.82) is 0 Å². The molecule has 2 aromatic carbocycles. The molecule has 86 valence electrons. The predicted octanol–water partition coefficient (Wildman–Crippen LogP) is 4.79. The lowest BCUT2D eigenvalue weighted by Crippen LogP contribution is -1.79. The van der Waals surface area contributed by atoms with Gasteiger partial charge in [-0.2, -0.15) is 0 Å². The van der Waals surface area contributed by atoms with E-state index < -0.39 is 0 Å². The summed E-state index contributed by atoms with van der Waals surface area (Å²) in [5, 5.41) is 3.64. The van der Waals surface area contributed by atoms with E-state index in [4.69, 9.17) is 16.0 Å². The minimum Gasteiger partial charge on any atom is -0.454 e. The quantitative estimate of drug-likeness (QED) is 0.450. The highest BCUT2D eigenvalue weighted by Crippen LogP contribution is 2.35. The van der Waals surface area contributed by atoms with Gasteiger partial charge in [-0.05, 0) is 18.2 Å². The molecule has 0 saturated heterocycles. The molecule has 18 heavy (non-hydrogen) atoms. The summed E-state index contributed by atoms with van der Waals surface area (Å²) in [5.74, 6) is 0. The van der Waals surface area contributed by atoms with E-state index in [0.717, 1.165) is 32.8 Å². The van der Waals surface area contributed by atoms with Crippen molar-refractivity contribution in [3.63, 3.8) is 0 Å². The maximum absolute atomic E-state index is 6.28. The minimum atomic E-state index is 0.693. The number of halogens is 1. The second-order valence-corrected chi connectivity index (χ2v) is 4.65. The second-order valence-electron chi connectivity index (χ2n) is 4.24. The van der Waals surface area contributed by atoms with Gasteiger partial charge in [0.05, 0.1) is 5.02 Å². The number of pyridine rings is 1. The van der Waals surface area contributed by atoms with Crippen LogP contribution >= 0.6 is 11.6 Å². The largest absolute Gasteiger partial charge is 0.454 e. The van der Waals surface area contributed by atoms with Crippen LogP contribution in [0.1, 0.15) is 0 Å². The number of benzene rings is 2. The summed E-state index contributed by atoms with van der Waals surface area (Å²) in [6, 6.07) is 13.7. The monoisotopic (exact) mass is 253 g/mol. The van der Waals surface area contributed by atoms with Crippen LogP contribution in [0.4, 0.5) is 0 Å². The van der Waals surface area contributed by atoms with Gasteiger partial charge >= 0.3 is 0 Å². The molecular formula is C15H8ClNO. The number of para-hydroxylation sites is 1. The Labute approximate surface area is 108 Å². The Morgan fingerprint density at radius 1 is 1.00 bits per heavy atom. The van der Waals surface area contributed by atoms with Gasteiger partial charge in [-0.15, -0.1) is 0 Å². The number of furan rings is 1. The standard InChI is InChI=1S/C15H8ClNO/c16-11-6-3-4-9-8-17-14-10-5-1-2-7-12(10)18-15(14)13(9)11/h1-8H.